The third kappa shape index (κ3) is 5.94. The standard InChI is InChI=1S/C38H47N7O3/c1-26-5-4-18-48-34-8-13-39-22-30(34)32-20-28(19-27(2)40-32)35(46)42-36-41-31-7-6-29(21-33(31)45(36)23-26)43-14-9-38(10-15-43)11-16-44(17-12-38)37(3)24-47-25-37/h6-8,13,19-22,26H,4-5,9-12,14-18,23-25H2,1-3H3,(H,41,42,46)/t26-/m1/s1. The van der Waals surface area contributed by atoms with Gasteiger partial charge < -0.3 is 18.9 Å². The Bertz CT molecular complexity index is 1810. The molecule has 4 aromatic rings. The number of anilines is 2. The second kappa shape index (κ2) is 12.5. The SMILES string of the molecule is Cc1cc2cc(n1)-c1cnccc1OCCC[C@@H](C)Cn1c(nc3ccc(N4CCC5(CC4)CCN(C4(C)COC4)CC5)cc31)NC2=O. The molecule has 3 saturated heterocycles. The molecule has 8 rings (SSSR count). The van der Waals surface area contributed by atoms with Crippen LogP contribution < -0.4 is 15.0 Å². The fraction of sp³-hybridized carbons (Fsp3) is 0.526. The minimum absolute atomic E-state index is 0.210. The number of hydrogen-bond donors (Lipinski definition) is 1. The van der Waals surface area contributed by atoms with Gasteiger partial charge in [0.2, 0.25) is 5.95 Å². The predicted octanol–water partition coefficient (Wildman–Crippen LogP) is 6.33. The van der Waals surface area contributed by atoms with Crippen LogP contribution in [0.1, 0.15) is 68.4 Å². The van der Waals surface area contributed by atoms with Gasteiger partial charge in [0.1, 0.15) is 5.75 Å². The molecule has 0 unspecified atom stereocenters. The van der Waals surface area contributed by atoms with E-state index in [1.807, 2.05) is 25.1 Å². The number of benzene rings is 1. The van der Waals surface area contributed by atoms with Gasteiger partial charge in [-0.1, -0.05) is 6.92 Å². The van der Waals surface area contributed by atoms with E-state index in [0.717, 1.165) is 73.7 Å². The van der Waals surface area contributed by atoms with Crippen LogP contribution in [0.25, 0.3) is 22.3 Å². The molecule has 1 atom stereocenters. The number of pyridine rings is 2. The first-order valence-electron chi connectivity index (χ1n) is 17.7. The first kappa shape index (κ1) is 31.3. The van der Waals surface area contributed by atoms with E-state index in [-0.39, 0.29) is 11.4 Å². The van der Waals surface area contributed by atoms with E-state index in [1.54, 1.807) is 12.4 Å². The number of rotatable bonds is 2. The van der Waals surface area contributed by atoms with Gasteiger partial charge in [-0.3, -0.25) is 25.0 Å². The summed E-state index contributed by atoms with van der Waals surface area (Å²) in [6.45, 7) is 14.1. The second-order valence-electron chi connectivity index (χ2n) is 15.0. The number of nitrogens with zero attached hydrogens (tertiary/aromatic N) is 6. The van der Waals surface area contributed by atoms with E-state index in [4.69, 9.17) is 19.4 Å². The van der Waals surface area contributed by atoms with Crippen molar-refractivity contribution in [1.82, 2.24) is 24.4 Å². The van der Waals surface area contributed by atoms with Gasteiger partial charge in [0.25, 0.3) is 5.91 Å². The summed E-state index contributed by atoms with van der Waals surface area (Å²) in [5, 5.41) is 3.17. The van der Waals surface area contributed by atoms with Crippen LogP contribution in [0.2, 0.25) is 0 Å². The van der Waals surface area contributed by atoms with Crippen molar-refractivity contribution in [1.29, 1.82) is 0 Å². The molecule has 1 amide bonds. The highest BCUT2D eigenvalue weighted by molar-refractivity contribution is 6.05. The highest BCUT2D eigenvalue weighted by Crippen LogP contribution is 2.44. The van der Waals surface area contributed by atoms with Gasteiger partial charge in [-0.2, -0.15) is 0 Å². The zero-order chi connectivity index (χ0) is 32.9. The predicted molar refractivity (Wildman–Crippen MR) is 188 cm³/mol. The molecule has 10 heteroatoms. The maximum atomic E-state index is 13.8. The number of piperidine rings is 2. The Morgan fingerprint density at radius 1 is 0.979 bits per heavy atom. The van der Waals surface area contributed by atoms with Crippen LogP contribution in [-0.2, 0) is 11.3 Å². The second-order valence-corrected chi connectivity index (χ2v) is 15.0. The number of carbonyl (C=O) groups excluding carboxylic acids is 1. The van der Waals surface area contributed by atoms with Gasteiger partial charge in [-0.05, 0) is 113 Å². The average molecular weight is 650 g/mol. The number of hydrogen-bond acceptors (Lipinski definition) is 8. The number of aryl methyl sites for hydroxylation is 1. The molecule has 2 bridgehead atoms. The summed E-state index contributed by atoms with van der Waals surface area (Å²) in [5.74, 6) is 1.46. The Labute approximate surface area is 282 Å². The fourth-order valence-corrected chi connectivity index (χ4v) is 8.26. The minimum Gasteiger partial charge on any atom is -0.493 e. The summed E-state index contributed by atoms with van der Waals surface area (Å²) in [6, 6.07) is 12.1. The lowest BCUT2D eigenvalue weighted by atomic mass is 9.70. The Morgan fingerprint density at radius 3 is 2.54 bits per heavy atom. The van der Waals surface area contributed by atoms with Crippen molar-refractivity contribution in [3.05, 3.63) is 60.0 Å². The molecule has 7 heterocycles. The van der Waals surface area contributed by atoms with Crippen LogP contribution in [0, 0.1) is 18.3 Å². The first-order valence-corrected chi connectivity index (χ1v) is 17.7. The van der Waals surface area contributed by atoms with Gasteiger partial charge >= 0.3 is 0 Å². The van der Waals surface area contributed by atoms with Gasteiger partial charge in [0, 0.05) is 49.0 Å². The number of aromatic nitrogens is 4. The van der Waals surface area contributed by atoms with E-state index in [1.165, 1.54) is 44.5 Å². The minimum atomic E-state index is -0.210. The fourth-order valence-electron chi connectivity index (χ4n) is 8.26. The quantitative estimate of drug-likeness (QED) is 0.269. The number of nitrogens with one attached hydrogen (secondary N) is 1. The van der Waals surface area contributed by atoms with E-state index in [9.17, 15) is 4.79 Å². The number of carbonyl (C=O) groups is 1. The van der Waals surface area contributed by atoms with Crippen molar-refractivity contribution in [3.8, 4) is 17.0 Å². The van der Waals surface area contributed by atoms with Crippen LogP contribution in [0.15, 0.2) is 48.8 Å². The number of ether oxygens (including phenoxy) is 2. The maximum absolute atomic E-state index is 13.8. The highest BCUT2D eigenvalue weighted by atomic mass is 16.5. The zero-order valence-electron chi connectivity index (χ0n) is 28.5. The van der Waals surface area contributed by atoms with Crippen molar-refractivity contribution in [2.45, 2.75) is 71.4 Å². The molecule has 10 nitrogen and oxygen atoms in total. The molecule has 0 radical (unpaired) electrons. The number of amides is 1. The normalized spacial score (nSPS) is 22.9. The summed E-state index contributed by atoms with van der Waals surface area (Å²) in [7, 11) is 0. The lowest BCUT2D eigenvalue weighted by Gasteiger charge is -2.54. The van der Waals surface area contributed by atoms with Crippen molar-refractivity contribution < 1.29 is 14.3 Å². The first-order chi connectivity index (χ1) is 23.3. The molecule has 3 aromatic heterocycles. The lowest BCUT2D eigenvalue weighted by Crippen LogP contribution is -2.63. The maximum Gasteiger partial charge on any atom is 0.258 e. The van der Waals surface area contributed by atoms with Gasteiger partial charge in [-0.15, -0.1) is 0 Å². The largest absolute Gasteiger partial charge is 0.493 e. The molecular formula is C38H47N7O3. The third-order valence-corrected chi connectivity index (χ3v) is 11.4. The topological polar surface area (TPSA) is 97.6 Å². The molecule has 4 aliphatic rings. The molecule has 0 aliphatic carbocycles. The van der Waals surface area contributed by atoms with E-state index in [0.29, 0.717) is 35.1 Å². The lowest BCUT2D eigenvalue weighted by molar-refractivity contribution is -0.144. The zero-order valence-corrected chi connectivity index (χ0v) is 28.5. The van der Waals surface area contributed by atoms with E-state index in [2.05, 4.69) is 56.7 Å². The van der Waals surface area contributed by atoms with Crippen LogP contribution >= 0.6 is 0 Å². The number of fused-ring (bicyclic) bond motifs is 7. The average Bonchev–Trinajstić information content (AvgIpc) is 3.41. The van der Waals surface area contributed by atoms with E-state index < -0.39 is 0 Å². The van der Waals surface area contributed by atoms with Crippen LogP contribution in [0.5, 0.6) is 5.75 Å². The summed E-state index contributed by atoms with van der Waals surface area (Å²) >= 11 is 0. The summed E-state index contributed by atoms with van der Waals surface area (Å²) < 4.78 is 14.0. The smallest absolute Gasteiger partial charge is 0.258 e. The van der Waals surface area contributed by atoms with Crippen molar-refractivity contribution in [2.24, 2.45) is 11.3 Å². The molecule has 4 aliphatic heterocycles. The van der Waals surface area contributed by atoms with Crippen molar-refractivity contribution in [2.75, 3.05) is 56.2 Å². The Balaban J connectivity index is 1.05. The summed E-state index contributed by atoms with van der Waals surface area (Å²) in [4.78, 5) is 33.0. The van der Waals surface area contributed by atoms with Gasteiger partial charge in [0.15, 0.2) is 0 Å². The number of likely N-dealkylation sites (tertiary alicyclic amines) is 1. The molecule has 252 valence electrons. The highest BCUT2D eigenvalue weighted by Gasteiger charge is 2.45. The molecule has 1 aromatic carbocycles. The summed E-state index contributed by atoms with van der Waals surface area (Å²) in [6.07, 6.45) is 10.4. The number of imidazole rings is 1. The van der Waals surface area contributed by atoms with Crippen LogP contribution in [0.3, 0.4) is 0 Å². The third-order valence-electron chi connectivity index (χ3n) is 11.4. The molecule has 0 saturated carbocycles. The van der Waals surface area contributed by atoms with Crippen LogP contribution in [0.4, 0.5) is 11.6 Å². The molecule has 3 fully saturated rings. The molecular weight excluding hydrogens is 602 g/mol. The summed E-state index contributed by atoms with van der Waals surface area (Å²) in [5.41, 5.74) is 6.63. The van der Waals surface area contributed by atoms with Crippen LogP contribution in [-0.4, -0.2) is 81.9 Å². The van der Waals surface area contributed by atoms with Crippen molar-refractivity contribution in [3.63, 3.8) is 0 Å². The van der Waals surface area contributed by atoms with Gasteiger partial charge in [-0.25, -0.2) is 4.98 Å². The Hall–Kier alpha value is -4.02. The Kier molecular flexibility index (Phi) is 8.11. The molecule has 48 heavy (non-hydrogen) atoms. The van der Waals surface area contributed by atoms with E-state index >= 15 is 0 Å². The molecule has 1 N–H and O–H groups in total. The monoisotopic (exact) mass is 649 g/mol. The van der Waals surface area contributed by atoms with Crippen molar-refractivity contribution >= 4 is 28.6 Å². The van der Waals surface area contributed by atoms with Gasteiger partial charge in [0.05, 0.1) is 47.7 Å². The Morgan fingerprint density at radius 2 is 1.77 bits per heavy atom. The molecule has 1 spiro atoms.